The van der Waals surface area contributed by atoms with Crippen molar-refractivity contribution in [2.45, 2.75) is 37.6 Å². The average Bonchev–Trinajstić information content (AvgIpc) is 2.63. The molecule has 1 aromatic carbocycles. The van der Waals surface area contributed by atoms with Crippen molar-refractivity contribution in [2.75, 3.05) is 33.4 Å². The van der Waals surface area contributed by atoms with Crippen LogP contribution in [0.15, 0.2) is 23.1 Å². The molecule has 27 heavy (non-hydrogen) atoms. The van der Waals surface area contributed by atoms with Crippen LogP contribution in [0.3, 0.4) is 0 Å². The number of halogens is 1. The van der Waals surface area contributed by atoms with Gasteiger partial charge in [0.1, 0.15) is 10.6 Å². The first-order valence-corrected chi connectivity index (χ1v) is 10.8. The molecule has 0 unspecified atom stereocenters. The fourth-order valence-electron chi connectivity index (χ4n) is 3.11. The molecule has 0 bridgehead atoms. The predicted molar refractivity (Wildman–Crippen MR) is 104 cm³/mol. The van der Waals surface area contributed by atoms with Crippen molar-refractivity contribution in [2.24, 2.45) is 5.92 Å². The highest BCUT2D eigenvalue weighted by atomic mass is 35.5. The van der Waals surface area contributed by atoms with E-state index < -0.39 is 10.0 Å². The molecule has 0 saturated carbocycles. The van der Waals surface area contributed by atoms with Gasteiger partial charge in [-0.15, -0.1) is 0 Å². The van der Waals surface area contributed by atoms with Crippen LogP contribution in [0.25, 0.3) is 0 Å². The number of piperidine rings is 1. The molecule has 1 atom stereocenters. The molecule has 0 aromatic heterocycles. The molecule has 1 amide bonds. The molecule has 0 spiro atoms. The largest absolute Gasteiger partial charge is 0.492 e. The first kappa shape index (κ1) is 21.9. The molecule has 1 heterocycles. The predicted octanol–water partition coefficient (Wildman–Crippen LogP) is 2.29. The number of amides is 1. The van der Waals surface area contributed by atoms with Gasteiger partial charge in [0.2, 0.25) is 15.9 Å². The summed E-state index contributed by atoms with van der Waals surface area (Å²) in [5.41, 5.74) is 0. The van der Waals surface area contributed by atoms with E-state index in [1.54, 1.807) is 26.2 Å². The Hall–Kier alpha value is -1.35. The van der Waals surface area contributed by atoms with E-state index in [4.69, 9.17) is 21.1 Å². The Bertz CT molecular complexity index is 748. The first-order valence-electron chi connectivity index (χ1n) is 9.01. The van der Waals surface area contributed by atoms with Crippen LogP contribution < -0.4 is 10.1 Å². The summed E-state index contributed by atoms with van der Waals surface area (Å²) in [6.45, 7) is 5.00. The third-order valence-electron chi connectivity index (χ3n) is 4.45. The highest BCUT2D eigenvalue weighted by Gasteiger charge is 2.34. The zero-order chi connectivity index (χ0) is 20.0. The Morgan fingerprint density at radius 3 is 2.63 bits per heavy atom. The number of hydrogen-bond donors (Lipinski definition) is 1. The molecular formula is C18H27ClN2O5S. The van der Waals surface area contributed by atoms with E-state index in [9.17, 15) is 13.2 Å². The van der Waals surface area contributed by atoms with E-state index in [-0.39, 0.29) is 41.6 Å². The number of methoxy groups -OCH3 is 1. The molecule has 1 aromatic rings. The Kier molecular flexibility index (Phi) is 7.91. The molecule has 1 aliphatic rings. The third kappa shape index (κ3) is 5.57. The van der Waals surface area contributed by atoms with Gasteiger partial charge in [-0.05, 0) is 44.9 Å². The number of rotatable bonds is 8. The number of hydrogen-bond acceptors (Lipinski definition) is 5. The average molecular weight is 419 g/mol. The van der Waals surface area contributed by atoms with E-state index in [1.165, 1.54) is 10.4 Å². The first-order chi connectivity index (χ1) is 12.8. The molecule has 9 heteroatoms. The van der Waals surface area contributed by atoms with Gasteiger partial charge in [0, 0.05) is 37.2 Å². The van der Waals surface area contributed by atoms with Gasteiger partial charge in [-0.3, -0.25) is 4.79 Å². The summed E-state index contributed by atoms with van der Waals surface area (Å²) >= 11 is 6.00. The van der Waals surface area contributed by atoms with Crippen molar-refractivity contribution in [3.8, 4) is 5.75 Å². The van der Waals surface area contributed by atoms with Crippen molar-refractivity contribution in [1.82, 2.24) is 9.62 Å². The van der Waals surface area contributed by atoms with Gasteiger partial charge in [-0.1, -0.05) is 11.6 Å². The molecular weight excluding hydrogens is 392 g/mol. The molecule has 2 rings (SSSR count). The fourth-order valence-corrected chi connectivity index (χ4v) is 4.97. The van der Waals surface area contributed by atoms with Crippen molar-refractivity contribution in [3.63, 3.8) is 0 Å². The van der Waals surface area contributed by atoms with E-state index in [2.05, 4.69) is 5.32 Å². The minimum Gasteiger partial charge on any atom is -0.492 e. The van der Waals surface area contributed by atoms with Crippen LogP contribution in [0, 0.1) is 5.92 Å². The minimum atomic E-state index is -3.75. The summed E-state index contributed by atoms with van der Waals surface area (Å²) in [4.78, 5) is 12.4. The quantitative estimate of drug-likeness (QED) is 0.700. The topological polar surface area (TPSA) is 84.9 Å². The number of sulfonamides is 1. The van der Waals surface area contributed by atoms with Gasteiger partial charge < -0.3 is 14.8 Å². The van der Waals surface area contributed by atoms with E-state index >= 15 is 0 Å². The zero-order valence-corrected chi connectivity index (χ0v) is 17.5. The zero-order valence-electron chi connectivity index (χ0n) is 15.9. The standard InChI is InChI=1S/C18H27ClN2O5S/c1-4-26-16-6-5-15(19)11-17(16)27(23,24)21-9-7-14(8-10-21)18(22)20-13(2)12-25-3/h5-6,11,13-14H,4,7-10,12H2,1-3H3,(H,20,22)/t13-/m1/s1. The molecule has 1 saturated heterocycles. The molecule has 0 radical (unpaired) electrons. The number of carbonyl (C=O) groups excluding carboxylic acids is 1. The van der Waals surface area contributed by atoms with Crippen LogP contribution in [0.1, 0.15) is 26.7 Å². The van der Waals surface area contributed by atoms with Gasteiger partial charge >= 0.3 is 0 Å². The number of benzene rings is 1. The van der Waals surface area contributed by atoms with Crippen molar-refractivity contribution in [3.05, 3.63) is 23.2 Å². The maximum absolute atomic E-state index is 13.0. The highest BCUT2D eigenvalue weighted by molar-refractivity contribution is 7.89. The second-order valence-corrected chi connectivity index (χ2v) is 8.91. The van der Waals surface area contributed by atoms with Gasteiger partial charge in [-0.2, -0.15) is 4.31 Å². The summed E-state index contributed by atoms with van der Waals surface area (Å²) in [5.74, 6) is 0.0194. The number of nitrogens with zero attached hydrogens (tertiary/aromatic N) is 1. The molecule has 152 valence electrons. The molecule has 1 N–H and O–H groups in total. The fraction of sp³-hybridized carbons (Fsp3) is 0.611. The summed E-state index contributed by atoms with van der Waals surface area (Å²) in [7, 11) is -2.16. The van der Waals surface area contributed by atoms with Crippen LogP contribution in [-0.2, 0) is 19.6 Å². The molecule has 0 aliphatic carbocycles. The third-order valence-corrected chi connectivity index (χ3v) is 6.61. The lowest BCUT2D eigenvalue weighted by Gasteiger charge is -2.31. The van der Waals surface area contributed by atoms with Gasteiger partial charge in [0.15, 0.2) is 0 Å². The lowest BCUT2D eigenvalue weighted by Crippen LogP contribution is -2.45. The summed E-state index contributed by atoms with van der Waals surface area (Å²) < 4.78 is 38.0. The van der Waals surface area contributed by atoms with E-state index in [0.29, 0.717) is 31.1 Å². The van der Waals surface area contributed by atoms with Crippen LogP contribution in [-0.4, -0.2) is 58.1 Å². The monoisotopic (exact) mass is 418 g/mol. The smallest absolute Gasteiger partial charge is 0.246 e. The second-order valence-electron chi connectivity index (χ2n) is 6.57. The maximum Gasteiger partial charge on any atom is 0.246 e. The molecule has 1 aliphatic heterocycles. The van der Waals surface area contributed by atoms with E-state index in [1.807, 2.05) is 6.92 Å². The Morgan fingerprint density at radius 2 is 2.04 bits per heavy atom. The van der Waals surface area contributed by atoms with Gasteiger partial charge in [0.25, 0.3) is 0 Å². The second kappa shape index (κ2) is 9.73. The Labute approximate surface area is 166 Å². The van der Waals surface area contributed by atoms with Crippen molar-refractivity contribution < 1.29 is 22.7 Å². The maximum atomic E-state index is 13.0. The number of ether oxygens (including phenoxy) is 2. The number of carbonyl (C=O) groups is 1. The SMILES string of the molecule is CCOc1ccc(Cl)cc1S(=O)(=O)N1CCC(C(=O)N[C@H](C)COC)CC1. The summed E-state index contributed by atoms with van der Waals surface area (Å²) in [6, 6.07) is 4.50. The molecule has 7 nitrogen and oxygen atoms in total. The Balaban J connectivity index is 2.07. The summed E-state index contributed by atoms with van der Waals surface area (Å²) in [5, 5.41) is 3.23. The van der Waals surface area contributed by atoms with Crippen molar-refractivity contribution >= 4 is 27.5 Å². The Morgan fingerprint density at radius 1 is 1.37 bits per heavy atom. The number of nitrogens with one attached hydrogen (secondary N) is 1. The summed E-state index contributed by atoms with van der Waals surface area (Å²) in [6.07, 6.45) is 0.935. The minimum absolute atomic E-state index is 0.0608. The highest BCUT2D eigenvalue weighted by Crippen LogP contribution is 2.32. The van der Waals surface area contributed by atoms with Gasteiger partial charge in [-0.25, -0.2) is 8.42 Å². The van der Waals surface area contributed by atoms with Crippen LogP contribution >= 0.6 is 11.6 Å². The normalized spacial score (nSPS) is 17.5. The van der Waals surface area contributed by atoms with Crippen LogP contribution in [0.2, 0.25) is 5.02 Å². The lowest BCUT2D eigenvalue weighted by molar-refractivity contribution is -0.127. The van der Waals surface area contributed by atoms with Gasteiger partial charge in [0.05, 0.1) is 13.2 Å². The lowest BCUT2D eigenvalue weighted by atomic mass is 9.97. The molecule has 1 fully saturated rings. The van der Waals surface area contributed by atoms with Crippen molar-refractivity contribution in [1.29, 1.82) is 0 Å². The van der Waals surface area contributed by atoms with Crippen LogP contribution in [0.5, 0.6) is 5.75 Å². The van der Waals surface area contributed by atoms with E-state index in [0.717, 1.165) is 0 Å². The van der Waals surface area contributed by atoms with Crippen LogP contribution in [0.4, 0.5) is 0 Å².